The van der Waals surface area contributed by atoms with Crippen LogP contribution in [0.2, 0.25) is 0 Å². The Morgan fingerprint density at radius 1 is 1.04 bits per heavy atom. The zero-order valence-electron chi connectivity index (χ0n) is 13.8. The minimum absolute atomic E-state index is 0.216. The number of urea groups is 1. The van der Waals surface area contributed by atoms with Crippen molar-refractivity contribution in [2.45, 2.75) is 58.5 Å². The van der Waals surface area contributed by atoms with Gasteiger partial charge in [-0.05, 0) is 62.2 Å². The number of carbonyl (C=O) groups excluding carboxylic acids is 3. The summed E-state index contributed by atoms with van der Waals surface area (Å²) in [6, 6.07) is -0.925. The van der Waals surface area contributed by atoms with Gasteiger partial charge in [-0.3, -0.25) is 14.9 Å². The molecule has 0 spiro atoms. The highest BCUT2D eigenvalue weighted by molar-refractivity contribution is 5.97. The van der Waals surface area contributed by atoms with Crippen LogP contribution >= 0.6 is 0 Å². The summed E-state index contributed by atoms with van der Waals surface area (Å²) in [5.74, 6) is 0.787. The summed E-state index contributed by atoms with van der Waals surface area (Å²) in [5.41, 5.74) is 4.59. The number of ether oxygens (including phenoxy) is 1. The van der Waals surface area contributed by atoms with Crippen LogP contribution in [0, 0.1) is 29.1 Å². The molecular formula is C17H26N2O4. The van der Waals surface area contributed by atoms with Crippen molar-refractivity contribution >= 4 is 17.9 Å². The van der Waals surface area contributed by atoms with Crippen molar-refractivity contribution in [3.8, 4) is 0 Å². The van der Waals surface area contributed by atoms with Gasteiger partial charge in [0.2, 0.25) is 0 Å². The third kappa shape index (κ3) is 3.08. The second kappa shape index (κ2) is 5.80. The molecule has 0 aliphatic heterocycles. The Labute approximate surface area is 136 Å². The van der Waals surface area contributed by atoms with E-state index in [-0.39, 0.29) is 11.9 Å². The van der Waals surface area contributed by atoms with Gasteiger partial charge in [-0.2, -0.15) is 0 Å². The van der Waals surface area contributed by atoms with Crippen molar-refractivity contribution in [1.82, 2.24) is 5.32 Å². The molecule has 4 fully saturated rings. The van der Waals surface area contributed by atoms with Gasteiger partial charge < -0.3 is 10.5 Å². The molecule has 4 aliphatic carbocycles. The van der Waals surface area contributed by atoms with E-state index in [4.69, 9.17) is 10.5 Å². The van der Waals surface area contributed by atoms with E-state index in [1.165, 1.54) is 19.3 Å². The van der Waals surface area contributed by atoms with Crippen LogP contribution < -0.4 is 11.1 Å². The van der Waals surface area contributed by atoms with E-state index in [9.17, 15) is 14.4 Å². The first kappa shape index (κ1) is 16.3. The Bertz CT molecular complexity index is 493. The number of nitrogens with two attached hydrogens (primary N) is 1. The van der Waals surface area contributed by atoms with Crippen molar-refractivity contribution in [3.05, 3.63) is 0 Å². The molecule has 0 aromatic carbocycles. The van der Waals surface area contributed by atoms with Crippen LogP contribution in [0.25, 0.3) is 0 Å². The molecule has 6 heteroatoms. The van der Waals surface area contributed by atoms with Crippen molar-refractivity contribution in [2.75, 3.05) is 0 Å². The molecule has 4 bridgehead atoms. The van der Waals surface area contributed by atoms with Crippen LogP contribution in [-0.4, -0.2) is 24.0 Å². The largest absolute Gasteiger partial charge is 0.452 e. The van der Waals surface area contributed by atoms with Gasteiger partial charge in [-0.15, -0.1) is 0 Å². The third-order valence-corrected chi connectivity index (χ3v) is 5.82. The molecular weight excluding hydrogens is 296 g/mol. The zero-order chi connectivity index (χ0) is 16.8. The average Bonchev–Trinajstić information content (AvgIpc) is 2.41. The van der Waals surface area contributed by atoms with Crippen LogP contribution in [0.15, 0.2) is 0 Å². The molecule has 1 unspecified atom stereocenters. The highest BCUT2D eigenvalue weighted by Gasteiger charge is 2.56. The number of esters is 1. The Kier molecular flexibility index (Phi) is 4.10. The minimum Gasteiger partial charge on any atom is -0.452 e. The molecule has 3 N–H and O–H groups in total. The standard InChI is InChI=1S/C17H26N2O4/c1-9(2)13(14(20)19-16(18)22)23-15(21)17-6-10-3-11(7-17)5-12(4-10)8-17/h9-13H,3-8H2,1-2H3,(H3,18,19,20,22). The maximum absolute atomic E-state index is 12.9. The molecule has 3 amide bonds. The number of amides is 3. The summed E-state index contributed by atoms with van der Waals surface area (Å²) < 4.78 is 5.60. The topological polar surface area (TPSA) is 98.5 Å². The van der Waals surface area contributed by atoms with Gasteiger partial charge in [0.05, 0.1) is 5.41 Å². The van der Waals surface area contributed by atoms with Gasteiger partial charge in [0.25, 0.3) is 5.91 Å². The minimum atomic E-state index is -0.969. The van der Waals surface area contributed by atoms with E-state index in [2.05, 4.69) is 0 Å². The molecule has 0 aromatic heterocycles. The number of carbonyl (C=O) groups is 3. The summed E-state index contributed by atoms with van der Waals surface area (Å²) in [5, 5.41) is 2.03. The molecule has 23 heavy (non-hydrogen) atoms. The number of primary amides is 1. The first-order valence-electron chi connectivity index (χ1n) is 8.60. The van der Waals surface area contributed by atoms with Crippen molar-refractivity contribution in [3.63, 3.8) is 0 Å². The van der Waals surface area contributed by atoms with E-state index in [0.717, 1.165) is 19.3 Å². The van der Waals surface area contributed by atoms with E-state index in [1.54, 1.807) is 13.8 Å². The van der Waals surface area contributed by atoms with Crippen LogP contribution in [0.3, 0.4) is 0 Å². The fourth-order valence-corrected chi connectivity index (χ4v) is 5.29. The second-order valence-corrected chi connectivity index (χ2v) is 8.12. The van der Waals surface area contributed by atoms with Gasteiger partial charge in [0, 0.05) is 0 Å². The molecule has 0 radical (unpaired) electrons. The van der Waals surface area contributed by atoms with E-state index >= 15 is 0 Å². The zero-order valence-corrected chi connectivity index (χ0v) is 13.8. The number of hydrogen-bond donors (Lipinski definition) is 2. The first-order valence-corrected chi connectivity index (χ1v) is 8.60. The first-order chi connectivity index (χ1) is 10.8. The molecule has 6 nitrogen and oxygen atoms in total. The average molecular weight is 322 g/mol. The molecule has 4 rings (SSSR count). The van der Waals surface area contributed by atoms with E-state index < -0.39 is 23.5 Å². The fraction of sp³-hybridized carbons (Fsp3) is 0.824. The summed E-state index contributed by atoms with van der Waals surface area (Å²) in [6.45, 7) is 3.58. The smallest absolute Gasteiger partial charge is 0.318 e. The maximum atomic E-state index is 12.9. The lowest BCUT2D eigenvalue weighted by atomic mass is 9.49. The Morgan fingerprint density at radius 2 is 1.52 bits per heavy atom. The lowest BCUT2D eigenvalue weighted by Gasteiger charge is -2.55. The van der Waals surface area contributed by atoms with Gasteiger partial charge in [0.1, 0.15) is 0 Å². The Morgan fingerprint density at radius 3 is 1.91 bits per heavy atom. The predicted molar refractivity (Wildman–Crippen MR) is 83.0 cm³/mol. The summed E-state index contributed by atoms with van der Waals surface area (Å²) in [6.07, 6.45) is 5.41. The monoisotopic (exact) mass is 322 g/mol. The normalized spacial score (nSPS) is 35.9. The Hall–Kier alpha value is -1.59. The van der Waals surface area contributed by atoms with Crippen molar-refractivity contribution < 1.29 is 19.1 Å². The van der Waals surface area contributed by atoms with Gasteiger partial charge >= 0.3 is 12.0 Å². The van der Waals surface area contributed by atoms with Crippen LogP contribution in [-0.2, 0) is 14.3 Å². The summed E-state index contributed by atoms with van der Waals surface area (Å²) in [4.78, 5) is 35.8. The van der Waals surface area contributed by atoms with Crippen molar-refractivity contribution in [2.24, 2.45) is 34.8 Å². The second-order valence-electron chi connectivity index (χ2n) is 8.12. The summed E-state index contributed by atoms with van der Waals surface area (Å²) in [7, 11) is 0. The number of nitrogens with one attached hydrogen (secondary N) is 1. The van der Waals surface area contributed by atoms with E-state index in [0.29, 0.717) is 17.8 Å². The lowest BCUT2D eigenvalue weighted by molar-refractivity contribution is -0.181. The lowest BCUT2D eigenvalue weighted by Crippen LogP contribution is -2.53. The maximum Gasteiger partial charge on any atom is 0.318 e. The number of hydrogen-bond acceptors (Lipinski definition) is 4. The molecule has 0 aromatic rings. The predicted octanol–water partition coefficient (Wildman–Crippen LogP) is 1.97. The van der Waals surface area contributed by atoms with Gasteiger partial charge in [0.15, 0.2) is 6.10 Å². The number of rotatable bonds is 4. The Balaban J connectivity index is 1.72. The molecule has 0 saturated heterocycles. The molecule has 4 saturated carbocycles. The van der Waals surface area contributed by atoms with Gasteiger partial charge in [-0.1, -0.05) is 13.8 Å². The molecule has 4 aliphatic rings. The quantitative estimate of drug-likeness (QED) is 0.773. The van der Waals surface area contributed by atoms with E-state index in [1.807, 2.05) is 5.32 Å². The van der Waals surface area contributed by atoms with Crippen molar-refractivity contribution in [1.29, 1.82) is 0 Å². The fourth-order valence-electron chi connectivity index (χ4n) is 5.29. The van der Waals surface area contributed by atoms with Crippen LogP contribution in [0.4, 0.5) is 4.79 Å². The third-order valence-electron chi connectivity index (χ3n) is 5.82. The highest BCUT2D eigenvalue weighted by Crippen LogP contribution is 2.60. The van der Waals surface area contributed by atoms with Crippen LogP contribution in [0.5, 0.6) is 0 Å². The summed E-state index contributed by atoms with van der Waals surface area (Å²) >= 11 is 0. The molecule has 0 heterocycles. The van der Waals surface area contributed by atoms with Gasteiger partial charge in [-0.25, -0.2) is 4.79 Å². The SMILES string of the molecule is CC(C)C(OC(=O)C12CC3CC(CC(C3)C1)C2)C(=O)NC(N)=O. The molecule has 128 valence electrons. The van der Waals surface area contributed by atoms with Crippen LogP contribution in [0.1, 0.15) is 52.4 Å². The number of imide groups is 1. The highest BCUT2D eigenvalue weighted by atomic mass is 16.5. The molecule has 1 atom stereocenters.